The zero-order valence-corrected chi connectivity index (χ0v) is 13.5. The lowest BCUT2D eigenvalue weighted by atomic mass is 10.1. The molecule has 25 heavy (non-hydrogen) atoms. The van der Waals surface area contributed by atoms with Crippen molar-refractivity contribution in [2.45, 2.75) is 0 Å². The molecule has 0 radical (unpaired) electrons. The second-order valence-electron chi connectivity index (χ2n) is 5.66. The van der Waals surface area contributed by atoms with E-state index in [0.717, 1.165) is 16.7 Å². The maximum absolute atomic E-state index is 5.92. The standard InChI is InChI=1S/C21H16N4/c22-18-13-7-12-17(14-18)21-24-19(15-8-3-1-4-9-15)23-20(25-21)16-10-5-2-6-11-16/h1-14H,22H2. The molecule has 120 valence electrons. The van der Waals surface area contributed by atoms with E-state index >= 15 is 0 Å². The zero-order chi connectivity index (χ0) is 17.1. The normalized spacial score (nSPS) is 10.6. The number of aromatic nitrogens is 3. The van der Waals surface area contributed by atoms with Gasteiger partial charge in [-0.1, -0.05) is 72.8 Å². The molecule has 0 aliphatic heterocycles. The first-order valence-corrected chi connectivity index (χ1v) is 8.02. The minimum Gasteiger partial charge on any atom is -0.399 e. The van der Waals surface area contributed by atoms with Gasteiger partial charge in [0.2, 0.25) is 0 Å². The molecule has 2 N–H and O–H groups in total. The Morgan fingerprint density at radius 3 is 1.40 bits per heavy atom. The van der Waals surface area contributed by atoms with Crippen LogP contribution in [0.5, 0.6) is 0 Å². The Morgan fingerprint density at radius 2 is 0.920 bits per heavy atom. The number of benzene rings is 3. The van der Waals surface area contributed by atoms with Crippen molar-refractivity contribution in [3.63, 3.8) is 0 Å². The Hall–Kier alpha value is -3.53. The maximum Gasteiger partial charge on any atom is 0.164 e. The topological polar surface area (TPSA) is 64.7 Å². The first-order chi connectivity index (χ1) is 12.3. The predicted octanol–water partition coefficient (Wildman–Crippen LogP) is 4.45. The van der Waals surface area contributed by atoms with Crippen LogP contribution in [0.1, 0.15) is 0 Å². The average molecular weight is 324 g/mol. The lowest BCUT2D eigenvalue weighted by Crippen LogP contribution is -2.00. The van der Waals surface area contributed by atoms with Crippen LogP contribution >= 0.6 is 0 Å². The molecule has 4 nitrogen and oxygen atoms in total. The number of rotatable bonds is 3. The summed E-state index contributed by atoms with van der Waals surface area (Å²) in [5.41, 5.74) is 9.38. The summed E-state index contributed by atoms with van der Waals surface area (Å²) in [5.74, 6) is 1.90. The molecule has 1 heterocycles. The third-order valence-corrected chi connectivity index (χ3v) is 3.84. The maximum atomic E-state index is 5.92. The van der Waals surface area contributed by atoms with Gasteiger partial charge in [-0.05, 0) is 12.1 Å². The average Bonchev–Trinajstić information content (AvgIpc) is 2.69. The van der Waals surface area contributed by atoms with Crippen molar-refractivity contribution >= 4 is 5.69 Å². The molecule has 0 bridgehead atoms. The number of nitrogens with zero attached hydrogens (tertiary/aromatic N) is 3. The van der Waals surface area contributed by atoms with Gasteiger partial charge in [0, 0.05) is 22.4 Å². The Bertz CT molecular complexity index is 941. The number of hydrogen-bond donors (Lipinski definition) is 1. The van der Waals surface area contributed by atoms with Gasteiger partial charge in [0.15, 0.2) is 17.5 Å². The van der Waals surface area contributed by atoms with Crippen LogP contribution in [-0.4, -0.2) is 15.0 Å². The fourth-order valence-corrected chi connectivity index (χ4v) is 2.62. The van der Waals surface area contributed by atoms with E-state index in [-0.39, 0.29) is 0 Å². The van der Waals surface area contributed by atoms with Gasteiger partial charge in [0.25, 0.3) is 0 Å². The molecule has 0 amide bonds. The molecular formula is C21H16N4. The van der Waals surface area contributed by atoms with E-state index in [9.17, 15) is 0 Å². The molecule has 0 fully saturated rings. The Labute approximate surface area is 146 Å². The molecule has 0 saturated carbocycles. The van der Waals surface area contributed by atoms with Crippen LogP contribution in [0, 0.1) is 0 Å². The highest BCUT2D eigenvalue weighted by Gasteiger charge is 2.11. The van der Waals surface area contributed by atoms with Crippen LogP contribution in [-0.2, 0) is 0 Å². The van der Waals surface area contributed by atoms with E-state index in [1.54, 1.807) is 0 Å². The van der Waals surface area contributed by atoms with Crippen LogP contribution in [0.2, 0.25) is 0 Å². The van der Waals surface area contributed by atoms with Gasteiger partial charge >= 0.3 is 0 Å². The Balaban J connectivity index is 1.92. The van der Waals surface area contributed by atoms with Crippen LogP contribution in [0.4, 0.5) is 5.69 Å². The van der Waals surface area contributed by atoms with Gasteiger partial charge in [-0.2, -0.15) is 0 Å². The first kappa shape index (κ1) is 15.0. The summed E-state index contributed by atoms with van der Waals surface area (Å²) in [5, 5.41) is 0. The minimum atomic E-state index is 0.611. The SMILES string of the molecule is Nc1cccc(-c2nc(-c3ccccc3)nc(-c3ccccc3)n2)c1. The van der Waals surface area contributed by atoms with Crippen molar-refractivity contribution in [2.75, 3.05) is 5.73 Å². The monoisotopic (exact) mass is 324 g/mol. The molecule has 0 aliphatic carbocycles. The molecule has 4 heteroatoms. The summed E-state index contributed by atoms with van der Waals surface area (Å²) in [6, 6.07) is 27.4. The van der Waals surface area contributed by atoms with Gasteiger partial charge in [0.1, 0.15) is 0 Å². The van der Waals surface area contributed by atoms with Gasteiger partial charge < -0.3 is 5.73 Å². The molecule has 0 saturated heterocycles. The van der Waals surface area contributed by atoms with Crippen molar-refractivity contribution in [1.29, 1.82) is 0 Å². The highest BCUT2D eigenvalue weighted by atomic mass is 15.0. The predicted molar refractivity (Wildman–Crippen MR) is 101 cm³/mol. The summed E-state index contributed by atoms with van der Waals surface area (Å²) < 4.78 is 0. The summed E-state index contributed by atoms with van der Waals surface area (Å²) >= 11 is 0. The van der Waals surface area contributed by atoms with Gasteiger partial charge in [-0.25, -0.2) is 15.0 Å². The fraction of sp³-hybridized carbons (Fsp3) is 0. The summed E-state index contributed by atoms with van der Waals surface area (Å²) in [6.07, 6.45) is 0. The third kappa shape index (κ3) is 3.23. The second-order valence-corrected chi connectivity index (χ2v) is 5.66. The molecule has 0 unspecified atom stereocenters. The highest BCUT2D eigenvalue weighted by Crippen LogP contribution is 2.25. The van der Waals surface area contributed by atoms with Crippen LogP contribution in [0.25, 0.3) is 34.2 Å². The number of hydrogen-bond acceptors (Lipinski definition) is 4. The van der Waals surface area contributed by atoms with E-state index in [2.05, 4.69) is 15.0 Å². The van der Waals surface area contributed by atoms with Crippen LogP contribution in [0.3, 0.4) is 0 Å². The Morgan fingerprint density at radius 1 is 0.480 bits per heavy atom. The van der Waals surface area contributed by atoms with E-state index < -0.39 is 0 Å². The summed E-state index contributed by atoms with van der Waals surface area (Å²) in [4.78, 5) is 14.0. The van der Waals surface area contributed by atoms with E-state index in [1.807, 2.05) is 84.9 Å². The van der Waals surface area contributed by atoms with Crippen molar-refractivity contribution in [3.8, 4) is 34.2 Å². The molecule has 4 rings (SSSR count). The molecule has 3 aromatic carbocycles. The molecule has 0 aliphatic rings. The van der Waals surface area contributed by atoms with Crippen molar-refractivity contribution in [2.24, 2.45) is 0 Å². The summed E-state index contributed by atoms with van der Waals surface area (Å²) in [7, 11) is 0. The fourth-order valence-electron chi connectivity index (χ4n) is 2.62. The smallest absolute Gasteiger partial charge is 0.164 e. The van der Waals surface area contributed by atoms with Gasteiger partial charge in [-0.3, -0.25) is 0 Å². The van der Waals surface area contributed by atoms with Crippen molar-refractivity contribution in [3.05, 3.63) is 84.9 Å². The summed E-state index contributed by atoms with van der Waals surface area (Å²) in [6.45, 7) is 0. The first-order valence-electron chi connectivity index (χ1n) is 8.02. The van der Waals surface area contributed by atoms with E-state index in [1.165, 1.54) is 0 Å². The van der Waals surface area contributed by atoms with Gasteiger partial charge in [0.05, 0.1) is 0 Å². The largest absolute Gasteiger partial charge is 0.399 e. The molecule has 1 aromatic heterocycles. The van der Waals surface area contributed by atoms with E-state index in [4.69, 9.17) is 5.73 Å². The van der Waals surface area contributed by atoms with E-state index in [0.29, 0.717) is 23.2 Å². The molecule has 4 aromatic rings. The second kappa shape index (κ2) is 6.53. The zero-order valence-electron chi connectivity index (χ0n) is 13.5. The van der Waals surface area contributed by atoms with Crippen LogP contribution < -0.4 is 5.73 Å². The number of anilines is 1. The molecular weight excluding hydrogens is 308 g/mol. The van der Waals surface area contributed by atoms with Gasteiger partial charge in [-0.15, -0.1) is 0 Å². The molecule has 0 spiro atoms. The van der Waals surface area contributed by atoms with Crippen molar-refractivity contribution < 1.29 is 0 Å². The Kier molecular flexibility index (Phi) is 3.92. The quantitative estimate of drug-likeness (QED) is 0.565. The molecule has 0 atom stereocenters. The number of nitrogen functional groups attached to an aromatic ring is 1. The highest BCUT2D eigenvalue weighted by molar-refractivity contribution is 5.67. The lowest BCUT2D eigenvalue weighted by molar-refractivity contribution is 1.07. The minimum absolute atomic E-state index is 0.611. The van der Waals surface area contributed by atoms with Crippen molar-refractivity contribution in [1.82, 2.24) is 15.0 Å². The number of nitrogens with two attached hydrogens (primary N) is 1. The lowest BCUT2D eigenvalue weighted by Gasteiger charge is -2.08. The van der Waals surface area contributed by atoms with Crippen LogP contribution in [0.15, 0.2) is 84.9 Å². The third-order valence-electron chi connectivity index (χ3n) is 3.84.